The largest absolute Gasteiger partial charge is 0.355 e. The molecule has 0 aliphatic carbocycles. The number of amides is 2. The van der Waals surface area contributed by atoms with Gasteiger partial charge in [-0.3, -0.25) is 9.59 Å². The lowest BCUT2D eigenvalue weighted by Gasteiger charge is -2.28. The van der Waals surface area contributed by atoms with Crippen LogP contribution in [0.2, 0.25) is 0 Å². The summed E-state index contributed by atoms with van der Waals surface area (Å²) in [5, 5.41) is 3.08. The molecule has 1 aliphatic heterocycles. The number of nitrogens with zero attached hydrogens (tertiary/aromatic N) is 1. The number of piperidine rings is 1. The average molecular weight is 336 g/mol. The van der Waals surface area contributed by atoms with E-state index < -0.39 is 0 Å². The monoisotopic (exact) mass is 336 g/mol. The Hall–Kier alpha value is -2.62. The van der Waals surface area contributed by atoms with E-state index in [1.807, 2.05) is 36.4 Å². The minimum absolute atomic E-state index is 0.0155. The van der Waals surface area contributed by atoms with Crippen LogP contribution in [0.15, 0.2) is 60.7 Å². The Balaban J connectivity index is 1.69. The van der Waals surface area contributed by atoms with Gasteiger partial charge in [0, 0.05) is 38.4 Å². The number of likely N-dealkylation sites (tertiary alicyclic amines) is 1. The highest BCUT2D eigenvalue weighted by atomic mass is 16.2. The fraction of sp³-hybridized carbons (Fsp3) is 0.333. The summed E-state index contributed by atoms with van der Waals surface area (Å²) in [6.07, 6.45) is 1.04. The van der Waals surface area contributed by atoms with E-state index in [-0.39, 0.29) is 23.7 Å². The van der Waals surface area contributed by atoms with Gasteiger partial charge < -0.3 is 10.2 Å². The molecular weight excluding hydrogens is 312 g/mol. The molecule has 1 N–H and O–H groups in total. The summed E-state index contributed by atoms with van der Waals surface area (Å²) in [6, 6.07) is 20.4. The molecule has 1 fully saturated rings. The van der Waals surface area contributed by atoms with Gasteiger partial charge in [0.25, 0.3) is 0 Å². The maximum atomic E-state index is 12.5. The number of benzene rings is 2. The summed E-state index contributed by atoms with van der Waals surface area (Å²) in [5.74, 6) is -0.0726. The SMILES string of the molecule is CN1CC[C@@H](C(=O)NCC(c2ccccc2)c2ccccc2)CC1=O. The first-order valence-electron chi connectivity index (χ1n) is 8.76. The van der Waals surface area contributed by atoms with Gasteiger partial charge in [-0.25, -0.2) is 0 Å². The molecule has 4 nitrogen and oxygen atoms in total. The summed E-state index contributed by atoms with van der Waals surface area (Å²) in [5.41, 5.74) is 2.35. The van der Waals surface area contributed by atoms with Crippen molar-refractivity contribution in [2.45, 2.75) is 18.8 Å². The van der Waals surface area contributed by atoms with E-state index >= 15 is 0 Å². The van der Waals surface area contributed by atoms with Gasteiger partial charge in [-0.15, -0.1) is 0 Å². The van der Waals surface area contributed by atoms with Crippen molar-refractivity contribution in [1.29, 1.82) is 0 Å². The van der Waals surface area contributed by atoms with Crippen molar-refractivity contribution in [2.24, 2.45) is 5.92 Å². The maximum Gasteiger partial charge on any atom is 0.223 e. The summed E-state index contributed by atoms with van der Waals surface area (Å²) in [4.78, 5) is 26.1. The number of hydrogen-bond donors (Lipinski definition) is 1. The standard InChI is InChI=1S/C21H24N2O2/c1-23-13-12-18(14-20(23)24)21(25)22-15-19(16-8-4-2-5-9-16)17-10-6-3-7-11-17/h2-11,18-19H,12-15H2,1H3,(H,22,25)/t18-/m1/s1. The number of carbonyl (C=O) groups is 2. The van der Waals surface area contributed by atoms with Gasteiger partial charge in [-0.1, -0.05) is 60.7 Å². The second kappa shape index (κ2) is 7.97. The summed E-state index contributed by atoms with van der Waals surface area (Å²) in [6.45, 7) is 1.19. The van der Waals surface area contributed by atoms with Crippen LogP contribution in [0.25, 0.3) is 0 Å². The van der Waals surface area contributed by atoms with E-state index in [1.54, 1.807) is 11.9 Å². The average Bonchev–Trinajstić information content (AvgIpc) is 2.66. The molecule has 130 valence electrons. The van der Waals surface area contributed by atoms with E-state index in [0.29, 0.717) is 19.5 Å². The molecule has 1 heterocycles. The molecule has 1 atom stereocenters. The van der Waals surface area contributed by atoms with E-state index in [0.717, 1.165) is 6.42 Å². The molecule has 0 saturated carbocycles. The van der Waals surface area contributed by atoms with Crippen molar-refractivity contribution in [1.82, 2.24) is 10.2 Å². The van der Waals surface area contributed by atoms with Crippen LogP contribution < -0.4 is 5.32 Å². The van der Waals surface area contributed by atoms with Gasteiger partial charge in [0.1, 0.15) is 0 Å². The van der Waals surface area contributed by atoms with Crippen molar-refractivity contribution >= 4 is 11.8 Å². The molecule has 0 unspecified atom stereocenters. The van der Waals surface area contributed by atoms with Gasteiger partial charge >= 0.3 is 0 Å². The molecular formula is C21H24N2O2. The molecule has 4 heteroatoms. The van der Waals surface area contributed by atoms with Crippen molar-refractivity contribution in [3.05, 3.63) is 71.8 Å². The molecule has 0 bridgehead atoms. The quantitative estimate of drug-likeness (QED) is 0.913. The molecule has 1 aliphatic rings. The normalized spacial score (nSPS) is 17.6. The molecule has 2 amide bonds. The second-order valence-electron chi connectivity index (χ2n) is 6.62. The third-order valence-corrected chi connectivity index (χ3v) is 4.91. The Morgan fingerprint density at radius 1 is 1.08 bits per heavy atom. The molecule has 25 heavy (non-hydrogen) atoms. The molecule has 0 aromatic heterocycles. The van der Waals surface area contributed by atoms with Crippen LogP contribution in [0.3, 0.4) is 0 Å². The smallest absolute Gasteiger partial charge is 0.223 e. The second-order valence-corrected chi connectivity index (χ2v) is 6.62. The molecule has 0 radical (unpaired) electrons. The zero-order valence-electron chi connectivity index (χ0n) is 14.5. The van der Waals surface area contributed by atoms with Crippen LogP contribution >= 0.6 is 0 Å². The predicted octanol–water partition coefficient (Wildman–Crippen LogP) is 2.80. The van der Waals surface area contributed by atoms with Gasteiger partial charge in [0.15, 0.2) is 0 Å². The van der Waals surface area contributed by atoms with Crippen LogP contribution in [0.4, 0.5) is 0 Å². The summed E-state index contributed by atoms with van der Waals surface area (Å²) in [7, 11) is 1.79. The van der Waals surface area contributed by atoms with E-state index in [2.05, 4.69) is 29.6 Å². The first kappa shape index (κ1) is 17.2. The minimum atomic E-state index is -0.212. The van der Waals surface area contributed by atoms with Gasteiger partial charge in [0.2, 0.25) is 11.8 Å². The van der Waals surface area contributed by atoms with Crippen LogP contribution in [0.5, 0.6) is 0 Å². The summed E-state index contributed by atoms with van der Waals surface area (Å²) >= 11 is 0. The zero-order chi connectivity index (χ0) is 17.6. The van der Waals surface area contributed by atoms with Crippen LogP contribution in [-0.4, -0.2) is 36.9 Å². The molecule has 0 spiro atoms. The third kappa shape index (κ3) is 4.27. The van der Waals surface area contributed by atoms with E-state index in [1.165, 1.54) is 11.1 Å². The molecule has 2 aromatic rings. The molecule has 3 rings (SSSR count). The summed E-state index contributed by atoms with van der Waals surface area (Å²) < 4.78 is 0. The Morgan fingerprint density at radius 3 is 2.16 bits per heavy atom. The molecule has 2 aromatic carbocycles. The van der Waals surface area contributed by atoms with Crippen LogP contribution in [-0.2, 0) is 9.59 Å². The van der Waals surface area contributed by atoms with Crippen molar-refractivity contribution in [2.75, 3.05) is 20.1 Å². The Bertz CT molecular complexity index is 676. The first-order valence-corrected chi connectivity index (χ1v) is 8.76. The lowest BCUT2D eigenvalue weighted by molar-refractivity contribution is -0.139. The number of nitrogens with one attached hydrogen (secondary N) is 1. The Labute approximate surface area is 148 Å². The minimum Gasteiger partial charge on any atom is -0.355 e. The maximum absolute atomic E-state index is 12.5. The van der Waals surface area contributed by atoms with Crippen molar-refractivity contribution < 1.29 is 9.59 Å². The van der Waals surface area contributed by atoms with E-state index in [9.17, 15) is 9.59 Å². The Morgan fingerprint density at radius 2 is 1.64 bits per heavy atom. The fourth-order valence-corrected chi connectivity index (χ4v) is 3.31. The lowest BCUT2D eigenvalue weighted by atomic mass is 9.90. The van der Waals surface area contributed by atoms with Crippen LogP contribution in [0.1, 0.15) is 29.9 Å². The van der Waals surface area contributed by atoms with Crippen molar-refractivity contribution in [3.63, 3.8) is 0 Å². The highest BCUT2D eigenvalue weighted by molar-refractivity contribution is 5.86. The zero-order valence-corrected chi connectivity index (χ0v) is 14.5. The van der Waals surface area contributed by atoms with Crippen LogP contribution in [0, 0.1) is 5.92 Å². The van der Waals surface area contributed by atoms with Gasteiger partial charge in [-0.05, 0) is 17.5 Å². The number of rotatable bonds is 5. The lowest BCUT2D eigenvalue weighted by Crippen LogP contribution is -2.42. The third-order valence-electron chi connectivity index (χ3n) is 4.91. The highest BCUT2D eigenvalue weighted by Crippen LogP contribution is 2.24. The number of carbonyl (C=O) groups excluding carboxylic acids is 2. The van der Waals surface area contributed by atoms with Crippen molar-refractivity contribution in [3.8, 4) is 0 Å². The van der Waals surface area contributed by atoms with Gasteiger partial charge in [-0.2, -0.15) is 0 Å². The first-order chi connectivity index (χ1) is 12.1. The van der Waals surface area contributed by atoms with Gasteiger partial charge in [0.05, 0.1) is 0 Å². The van der Waals surface area contributed by atoms with E-state index in [4.69, 9.17) is 0 Å². The number of hydrogen-bond acceptors (Lipinski definition) is 2. The highest BCUT2D eigenvalue weighted by Gasteiger charge is 2.29. The molecule has 1 saturated heterocycles. The fourth-order valence-electron chi connectivity index (χ4n) is 3.31. The predicted molar refractivity (Wildman–Crippen MR) is 98.1 cm³/mol. The topological polar surface area (TPSA) is 49.4 Å². The Kier molecular flexibility index (Phi) is 5.49.